The van der Waals surface area contributed by atoms with E-state index in [1.54, 1.807) is 7.11 Å². The molecule has 3 aromatic carbocycles. The van der Waals surface area contributed by atoms with Gasteiger partial charge >= 0.3 is 0 Å². The van der Waals surface area contributed by atoms with E-state index in [4.69, 9.17) is 4.74 Å². The van der Waals surface area contributed by atoms with Crippen molar-refractivity contribution in [3.05, 3.63) is 102 Å². The summed E-state index contributed by atoms with van der Waals surface area (Å²) in [5, 5.41) is 7.04. The summed E-state index contributed by atoms with van der Waals surface area (Å²) >= 11 is 0. The molecule has 1 fully saturated rings. The Labute approximate surface area is 196 Å². The maximum Gasteiger partial charge on any atom is 0.158 e. The summed E-state index contributed by atoms with van der Waals surface area (Å²) in [6.07, 6.45) is 0. The summed E-state index contributed by atoms with van der Waals surface area (Å²) in [5.74, 6) is 0.767. The van der Waals surface area contributed by atoms with E-state index in [9.17, 15) is 4.79 Å². The number of rotatable bonds is 10. The molecule has 0 radical (unpaired) electrons. The van der Waals surface area contributed by atoms with Gasteiger partial charge in [-0.25, -0.2) is 0 Å². The zero-order chi connectivity index (χ0) is 22.9. The van der Waals surface area contributed by atoms with E-state index in [0.717, 1.165) is 48.6 Å². The molecule has 0 amide bonds. The molecular formula is C28H33N3O2. The van der Waals surface area contributed by atoms with Crippen molar-refractivity contribution in [3.63, 3.8) is 0 Å². The highest BCUT2D eigenvalue weighted by Crippen LogP contribution is 2.27. The molecule has 1 atom stereocenters. The van der Waals surface area contributed by atoms with Crippen molar-refractivity contribution in [3.8, 4) is 5.75 Å². The van der Waals surface area contributed by atoms with E-state index in [1.807, 2.05) is 78.9 Å². The van der Waals surface area contributed by atoms with Gasteiger partial charge in [0, 0.05) is 44.3 Å². The van der Waals surface area contributed by atoms with Crippen molar-refractivity contribution in [2.75, 3.05) is 39.8 Å². The SMILES string of the molecule is COc1ccccc1CN(CC(=O)C(c1ccccc1)c1ccccc1)C[C@@H]1CNCCN1. The number of ketones is 1. The lowest BCUT2D eigenvalue weighted by Gasteiger charge is -2.32. The van der Waals surface area contributed by atoms with Crippen LogP contribution in [0.15, 0.2) is 84.9 Å². The summed E-state index contributed by atoms with van der Waals surface area (Å²) in [6.45, 7) is 4.63. The smallest absolute Gasteiger partial charge is 0.158 e. The van der Waals surface area contributed by atoms with Crippen molar-refractivity contribution in [2.24, 2.45) is 0 Å². The van der Waals surface area contributed by atoms with Crippen LogP contribution in [0.4, 0.5) is 0 Å². The Balaban J connectivity index is 1.59. The maximum atomic E-state index is 13.8. The van der Waals surface area contributed by atoms with Gasteiger partial charge in [-0.3, -0.25) is 9.69 Å². The molecule has 1 saturated heterocycles. The predicted molar refractivity (Wildman–Crippen MR) is 133 cm³/mol. The molecule has 5 heteroatoms. The van der Waals surface area contributed by atoms with Gasteiger partial charge in [-0.2, -0.15) is 0 Å². The molecule has 3 aromatic rings. The van der Waals surface area contributed by atoms with E-state index in [2.05, 4.69) is 21.6 Å². The summed E-state index contributed by atoms with van der Waals surface area (Å²) in [6, 6.07) is 28.5. The molecule has 2 N–H and O–H groups in total. The first kappa shape index (κ1) is 23.2. The Morgan fingerprint density at radius 2 is 1.58 bits per heavy atom. The van der Waals surface area contributed by atoms with Crippen LogP contribution in [-0.4, -0.2) is 56.6 Å². The normalized spacial score (nSPS) is 16.2. The second-order valence-corrected chi connectivity index (χ2v) is 8.56. The number of piperazine rings is 1. The quantitative estimate of drug-likeness (QED) is 0.503. The van der Waals surface area contributed by atoms with E-state index < -0.39 is 0 Å². The minimum Gasteiger partial charge on any atom is -0.496 e. The molecule has 0 saturated carbocycles. The lowest BCUT2D eigenvalue weighted by Crippen LogP contribution is -2.53. The topological polar surface area (TPSA) is 53.6 Å². The molecule has 1 heterocycles. The van der Waals surface area contributed by atoms with Crippen LogP contribution in [0, 0.1) is 0 Å². The minimum atomic E-state index is -0.287. The zero-order valence-electron chi connectivity index (χ0n) is 19.2. The molecule has 5 nitrogen and oxygen atoms in total. The average molecular weight is 444 g/mol. The number of Topliss-reactive ketones (excluding diaryl/α,β-unsaturated/α-hetero) is 1. The first-order valence-corrected chi connectivity index (χ1v) is 11.7. The van der Waals surface area contributed by atoms with Crippen LogP contribution in [0.1, 0.15) is 22.6 Å². The zero-order valence-corrected chi connectivity index (χ0v) is 19.2. The fourth-order valence-corrected chi connectivity index (χ4v) is 4.58. The van der Waals surface area contributed by atoms with Crippen LogP contribution in [0.2, 0.25) is 0 Å². The van der Waals surface area contributed by atoms with Gasteiger partial charge in [-0.15, -0.1) is 0 Å². The third kappa shape index (κ3) is 6.29. The predicted octanol–water partition coefficient (Wildman–Crippen LogP) is 3.46. The third-order valence-corrected chi connectivity index (χ3v) is 6.16. The van der Waals surface area contributed by atoms with Crippen LogP contribution >= 0.6 is 0 Å². The van der Waals surface area contributed by atoms with Gasteiger partial charge in [0.15, 0.2) is 5.78 Å². The standard InChI is InChI=1S/C28H33N3O2/c1-33-27-15-9-8-14-24(27)19-31(20-25-18-29-16-17-30-25)21-26(32)28(22-10-4-2-5-11-22)23-12-6-3-7-13-23/h2-15,25,28-30H,16-21H2,1H3/t25-/m0/s1. The maximum absolute atomic E-state index is 13.8. The van der Waals surface area contributed by atoms with E-state index in [1.165, 1.54) is 0 Å². The van der Waals surface area contributed by atoms with Crippen LogP contribution in [0.3, 0.4) is 0 Å². The summed E-state index contributed by atoms with van der Waals surface area (Å²) in [7, 11) is 1.70. The number of para-hydroxylation sites is 1. The van der Waals surface area contributed by atoms with Crippen molar-refractivity contribution in [1.29, 1.82) is 0 Å². The Morgan fingerprint density at radius 1 is 0.939 bits per heavy atom. The van der Waals surface area contributed by atoms with E-state index in [-0.39, 0.29) is 11.7 Å². The number of methoxy groups -OCH3 is 1. The van der Waals surface area contributed by atoms with Gasteiger partial charge in [0.2, 0.25) is 0 Å². The van der Waals surface area contributed by atoms with Gasteiger partial charge in [-0.1, -0.05) is 78.9 Å². The van der Waals surface area contributed by atoms with Crippen molar-refractivity contribution in [2.45, 2.75) is 18.5 Å². The van der Waals surface area contributed by atoms with E-state index in [0.29, 0.717) is 19.1 Å². The van der Waals surface area contributed by atoms with Gasteiger partial charge in [0.25, 0.3) is 0 Å². The van der Waals surface area contributed by atoms with Crippen molar-refractivity contribution >= 4 is 5.78 Å². The molecule has 0 bridgehead atoms. The number of hydrogen-bond donors (Lipinski definition) is 2. The number of carbonyl (C=O) groups is 1. The molecule has 172 valence electrons. The average Bonchev–Trinajstić information content (AvgIpc) is 2.86. The molecule has 0 spiro atoms. The first-order valence-electron chi connectivity index (χ1n) is 11.7. The van der Waals surface area contributed by atoms with Gasteiger partial charge < -0.3 is 15.4 Å². The summed E-state index contributed by atoms with van der Waals surface area (Å²) in [4.78, 5) is 16.1. The van der Waals surface area contributed by atoms with Crippen LogP contribution in [0.5, 0.6) is 5.75 Å². The minimum absolute atomic E-state index is 0.200. The fraction of sp³-hybridized carbons (Fsp3) is 0.321. The number of hydrogen-bond acceptors (Lipinski definition) is 5. The Kier molecular flexibility index (Phi) is 8.25. The van der Waals surface area contributed by atoms with Gasteiger partial charge in [0.1, 0.15) is 5.75 Å². The highest BCUT2D eigenvalue weighted by atomic mass is 16.5. The van der Waals surface area contributed by atoms with Crippen LogP contribution < -0.4 is 15.4 Å². The number of carbonyl (C=O) groups excluding carboxylic acids is 1. The molecule has 0 aromatic heterocycles. The highest BCUT2D eigenvalue weighted by molar-refractivity contribution is 5.90. The number of ether oxygens (including phenoxy) is 1. The lowest BCUT2D eigenvalue weighted by molar-refractivity contribution is -0.121. The molecule has 1 aliphatic rings. The Hall–Kier alpha value is -2.99. The molecule has 0 aliphatic carbocycles. The molecule has 33 heavy (non-hydrogen) atoms. The molecule has 4 rings (SSSR count). The second kappa shape index (κ2) is 11.8. The van der Waals surface area contributed by atoms with Crippen LogP contribution in [0.25, 0.3) is 0 Å². The Bertz CT molecular complexity index is 964. The van der Waals surface area contributed by atoms with Crippen molar-refractivity contribution in [1.82, 2.24) is 15.5 Å². The number of benzene rings is 3. The Morgan fingerprint density at radius 3 is 2.18 bits per heavy atom. The second-order valence-electron chi connectivity index (χ2n) is 8.56. The van der Waals surface area contributed by atoms with Crippen molar-refractivity contribution < 1.29 is 9.53 Å². The van der Waals surface area contributed by atoms with E-state index >= 15 is 0 Å². The monoisotopic (exact) mass is 443 g/mol. The molecule has 1 aliphatic heterocycles. The molecular weight excluding hydrogens is 410 g/mol. The summed E-state index contributed by atoms with van der Waals surface area (Å²) in [5.41, 5.74) is 3.15. The molecule has 0 unspecified atom stereocenters. The third-order valence-electron chi connectivity index (χ3n) is 6.16. The fourth-order valence-electron chi connectivity index (χ4n) is 4.58. The number of nitrogens with zero attached hydrogens (tertiary/aromatic N) is 1. The largest absolute Gasteiger partial charge is 0.496 e. The van der Waals surface area contributed by atoms with Gasteiger partial charge in [0.05, 0.1) is 19.6 Å². The lowest BCUT2D eigenvalue weighted by atomic mass is 9.87. The van der Waals surface area contributed by atoms with Crippen LogP contribution in [-0.2, 0) is 11.3 Å². The number of nitrogens with one attached hydrogen (secondary N) is 2. The van der Waals surface area contributed by atoms with Gasteiger partial charge in [-0.05, 0) is 17.2 Å². The first-order chi connectivity index (χ1) is 16.2. The highest BCUT2D eigenvalue weighted by Gasteiger charge is 2.26. The summed E-state index contributed by atoms with van der Waals surface area (Å²) < 4.78 is 5.59.